The fourth-order valence-corrected chi connectivity index (χ4v) is 3.24. The molecule has 2 aromatic rings. The molecule has 1 aliphatic heterocycles. The number of nitrogens with zero attached hydrogens (tertiary/aromatic N) is 1. The van der Waals surface area contributed by atoms with Crippen molar-refractivity contribution >= 4 is 17.8 Å². The molecule has 3 rings (SSSR count). The summed E-state index contributed by atoms with van der Waals surface area (Å²) in [5.74, 6) is -1.18. The minimum atomic E-state index is -1.05. The smallest absolute Gasteiger partial charge is 0.341 e. The Morgan fingerprint density at radius 2 is 1.93 bits per heavy atom. The highest BCUT2D eigenvalue weighted by atomic mass is 16.5. The molecule has 29 heavy (non-hydrogen) atoms. The van der Waals surface area contributed by atoms with E-state index in [1.807, 2.05) is 37.3 Å². The maximum absolute atomic E-state index is 12.5. The number of aliphatic carboxylic acids is 1. The van der Waals surface area contributed by atoms with Crippen LogP contribution in [-0.2, 0) is 27.5 Å². The van der Waals surface area contributed by atoms with Crippen LogP contribution in [0.2, 0.25) is 0 Å². The molecule has 0 aliphatic carbocycles. The van der Waals surface area contributed by atoms with Crippen LogP contribution in [0.4, 0.5) is 0 Å². The Bertz CT molecular complexity index is 894. The van der Waals surface area contributed by atoms with Gasteiger partial charge in [-0.15, -0.1) is 0 Å². The van der Waals surface area contributed by atoms with Crippen LogP contribution in [-0.4, -0.2) is 40.9 Å². The van der Waals surface area contributed by atoms with Gasteiger partial charge in [-0.2, -0.15) is 0 Å². The number of ether oxygens (including phenoxy) is 1. The third-order valence-electron chi connectivity index (χ3n) is 4.81. The average molecular weight is 396 g/mol. The molecule has 2 aromatic carbocycles. The standard InChI is InChI=1S/C22H24N2O5/c1-15-5-7-16(8-6-15)12-24-13-18(10-20(24)25)22(28)23-11-17-3-2-4-19(9-17)29-14-21(26)27/h2-9,18H,10-14H2,1H3,(H,23,28)(H,26,27). The lowest BCUT2D eigenvalue weighted by Gasteiger charge is -2.17. The Kier molecular flexibility index (Phi) is 6.49. The summed E-state index contributed by atoms with van der Waals surface area (Å²) in [4.78, 5) is 37.1. The van der Waals surface area contributed by atoms with Crippen molar-refractivity contribution in [3.05, 3.63) is 65.2 Å². The zero-order valence-corrected chi connectivity index (χ0v) is 16.3. The number of nitrogens with one attached hydrogen (secondary N) is 1. The van der Waals surface area contributed by atoms with E-state index in [9.17, 15) is 14.4 Å². The van der Waals surface area contributed by atoms with E-state index in [-0.39, 0.29) is 30.7 Å². The molecule has 0 spiro atoms. The van der Waals surface area contributed by atoms with Crippen LogP contribution in [0.15, 0.2) is 48.5 Å². The maximum atomic E-state index is 12.5. The SMILES string of the molecule is Cc1ccc(CN2CC(C(=O)NCc3cccc(OCC(=O)O)c3)CC2=O)cc1. The molecule has 1 aliphatic rings. The Labute approximate surface area is 169 Å². The highest BCUT2D eigenvalue weighted by Gasteiger charge is 2.34. The van der Waals surface area contributed by atoms with Gasteiger partial charge in [-0.05, 0) is 30.2 Å². The first-order chi connectivity index (χ1) is 13.9. The van der Waals surface area contributed by atoms with Crippen molar-refractivity contribution < 1.29 is 24.2 Å². The van der Waals surface area contributed by atoms with Crippen LogP contribution in [0.5, 0.6) is 5.75 Å². The molecule has 0 radical (unpaired) electrons. The largest absolute Gasteiger partial charge is 0.482 e. The molecule has 1 atom stereocenters. The second-order valence-electron chi connectivity index (χ2n) is 7.21. The van der Waals surface area contributed by atoms with E-state index in [0.29, 0.717) is 18.8 Å². The van der Waals surface area contributed by atoms with Gasteiger partial charge >= 0.3 is 5.97 Å². The highest BCUT2D eigenvalue weighted by Crippen LogP contribution is 2.21. The summed E-state index contributed by atoms with van der Waals surface area (Å²) in [5.41, 5.74) is 3.00. The number of aryl methyl sites for hydroxylation is 1. The number of carbonyl (C=O) groups is 3. The number of carboxylic acids is 1. The predicted octanol–water partition coefficient (Wildman–Crippen LogP) is 2.12. The van der Waals surface area contributed by atoms with E-state index < -0.39 is 12.6 Å². The van der Waals surface area contributed by atoms with Crippen molar-refractivity contribution in [3.63, 3.8) is 0 Å². The molecule has 1 heterocycles. The topological polar surface area (TPSA) is 95.9 Å². The number of carbonyl (C=O) groups excluding carboxylic acids is 2. The zero-order valence-electron chi connectivity index (χ0n) is 16.3. The van der Waals surface area contributed by atoms with E-state index >= 15 is 0 Å². The molecule has 2 amide bonds. The third-order valence-corrected chi connectivity index (χ3v) is 4.81. The summed E-state index contributed by atoms with van der Waals surface area (Å²) < 4.78 is 5.14. The fourth-order valence-electron chi connectivity index (χ4n) is 3.24. The average Bonchev–Trinajstić information content (AvgIpc) is 3.07. The van der Waals surface area contributed by atoms with Gasteiger partial charge in [-0.1, -0.05) is 42.0 Å². The normalized spacial score (nSPS) is 16.0. The van der Waals surface area contributed by atoms with E-state index in [4.69, 9.17) is 9.84 Å². The molecule has 0 bridgehead atoms. The van der Waals surface area contributed by atoms with Gasteiger partial charge in [0.05, 0.1) is 5.92 Å². The number of hydrogen-bond donors (Lipinski definition) is 2. The predicted molar refractivity (Wildman–Crippen MR) is 106 cm³/mol. The summed E-state index contributed by atoms with van der Waals surface area (Å²) in [5, 5.41) is 11.5. The number of benzene rings is 2. The van der Waals surface area contributed by atoms with Gasteiger partial charge in [-0.25, -0.2) is 4.79 Å². The van der Waals surface area contributed by atoms with Crippen LogP contribution in [0, 0.1) is 12.8 Å². The second kappa shape index (κ2) is 9.23. The Balaban J connectivity index is 1.51. The molecule has 1 unspecified atom stereocenters. The van der Waals surface area contributed by atoms with Gasteiger partial charge in [0.15, 0.2) is 6.61 Å². The Hall–Kier alpha value is -3.35. The van der Waals surface area contributed by atoms with Gasteiger partial charge < -0.3 is 20.1 Å². The minimum Gasteiger partial charge on any atom is -0.482 e. The second-order valence-corrected chi connectivity index (χ2v) is 7.21. The fraction of sp³-hybridized carbons (Fsp3) is 0.318. The molecule has 2 N–H and O–H groups in total. The van der Waals surface area contributed by atoms with Gasteiger partial charge in [0, 0.05) is 26.1 Å². The molecule has 152 valence electrons. The van der Waals surface area contributed by atoms with Crippen molar-refractivity contribution in [2.24, 2.45) is 5.92 Å². The molecule has 7 heteroatoms. The van der Waals surface area contributed by atoms with Gasteiger partial charge in [0.1, 0.15) is 5.75 Å². The maximum Gasteiger partial charge on any atom is 0.341 e. The highest BCUT2D eigenvalue weighted by molar-refractivity contribution is 5.89. The molecule has 1 fully saturated rings. The van der Waals surface area contributed by atoms with Crippen molar-refractivity contribution in [1.29, 1.82) is 0 Å². The summed E-state index contributed by atoms with van der Waals surface area (Å²) in [7, 11) is 0. The van der Waals surface area contributed by atoms with Crippen LogP contribution >= 0.6 is 0 Å². The summed E-state index contributed by atoms with van der Waals surface area (Å²) >= 11 is 0. The molecular formula is C22H24N2O5. The molecule has 7 nitrogen and oxygen atoms in total. The van der Waals surface area contributed by atoms with Crippen LogP contribution in [0.1, 0.15) is 23.1 Å². The number of hydrogen-bond acceptors (Lipinski definition) is 4. The van der Waals surface area contributed by atoms with E-state index in [2.05, 4.69) is 5.32 Å². The van der Waals surface area contributed by atoms with Crippen molar-refractivity contribution in [2.75, 3.05) is 13.2 Å². The molecule has 0 saturated carbocycles. The van der Waals surface area contributed by atoms with E-state index in [1.165, 1.54) is 0 Å². The van der Waals surface area contributed by atoms with Crippen LogP contribution < -0.4 is 10.1 Å². The molecular weight excluding hydrogens is 372 g/mol. The molecule has 0 aromatic heterocycles. The third kappa shape index (κ3) is 5.81. The number of carboxylic acid groups (broad SMARTS) is 1. The number of amides is 2. The van der Waals surface area contributed by atoms with E-state index in [0.717, 1.165) is 16.7 Å². The van der Waals surface area contributed by atoms with Gasteiger partial charge in [0.2, 0.25) is 11.8 Å². The van der Waals surface area contributed by atoms with Crippen LogP contribution in [0.3, 0.4) is 0 Å². The monoisotopic (exact) mass is 396 g/mol. The summed E-state index contributed by atoms with van der Waals surface area (Å²) in [6, 6.07) is 14.9. The van der Waals surface area contributed by atoms with Crippen molar-refractivity contribution in [2.45, 2.75) is 26.4 Å². The Morgan fingerprint density at radius 3 is 2.66 bits per heavy atom. The lowest BCUT2D eigenvalue weighted by atomic mass is 10.1. The van der Waals surface area contributed by atoms with Crippen LogP contribution in [0.25, 0.3) is 0 Å². The van der Waals surface area contributed by atoms with Crippen molar-refractivity contribution in [1.82, 2.24) is 10.2 Å². The zero-order chi connectivity index (χ0) is 20.8. The summed E-state index contributed by atoms with van der Waals surface area (Å²) in [6.07, 6.45) is 0.208. The lowest BCUT2D eigenvalue weighted by molar-refractivity contribution is -0.139. The first-order valence-corrected chi connectivity index (χ1v) is 9.45. The lowest BCUT2D eigenvalue weighted by Crippen LogP contribution is -2.32. The number of likely N-dealkylation sites (tertiary alicyclic amines) is 1. The first kappa shape index (κ1) is 20.4. The number of rotatable bonds is 8. The summed E-state index contributed by atoms with van der Waals surface area (Å²) in [6.45, 7) is 2.79. The first-order valence-electron chi connectivity index (χ1n) is 9.45. The quantitative estimate of drug-likeness (QED) is 0.713. The Morgan fingerprint density at radius 1 is 1.17 bits per heavy atom. The van der Waals surface area contributed by atoms with E-state index in [1.54, 1.807) is 23.1 Å². The minimum absolute atomic E-state index is 0.0187. The molecule has 1 saturated heterocycles. The van der Waals surface area contributed by atoms with Gasteiger partial charge in [0.25, 0.3) is 0 Å². The van der Waals surface area contributed by atoms with Crippen molar-refractivity contribution in [3.8, 4) is 5.75 Å². The van der Waals surface area contributed by atoms with Gasteiger partial charge in [-0.3, -0.25) is 9.59 Å².